The lowest BCUT2D eigenvalue weighted by Crippen LogP contribution is -2.49. The first-order chi connectivity index (χ1) is 15.0. The van der Waals surface area contributed by atoms with E-state index >= 15 is 0 Å². The third-order valence-corrected chi connectivity index (χ3v) is 9.13. The van der Waals surface area contributed by atoms with Crippen LogP contribution in [0.4, 0.5) is 0 Å². The number of aromatic amines is 1. The van der Waals surface area contributed by atoms with Crippen molar-refractivity contribution in [3.8, 4) is 0 Å². The molecule has 3 aromatic rings. The maximum atomic E-state index is 13.1. The molecule has 0 saturated carbocycles. The molecule has 1 saturated heterocycles. The molecular formula is C21H25N5O3S2. The fourth-order valence-electron chi connectivity index (χ4n) is 4.35. The van der Waals surface area contributed by atoms with Gasteiger partial charge in [-0.3, -0.25) is 4.79 Å². The van der Waals surface area contributed by atoms with Crippen LogP contribution in [0.1, 0.15) is 16.9 Å². The molecule has 0 unspecified atom stereocenters. The van der Waals surface area contributed by atoms with E-state index in [-0.39, 0.29) is 10.8 Å². The highest BCUT2D eigenvalue weighted by molar-refractivity contribution is 7.89. The Morgan fingerprint density at radius 2 is 2.00 bits per heavy atom. The van der Waals surface area contributed by atoms with Gasteiger partial charge in [-0.05, 0) is 35.6 Å². The van der Waals surface area contributed by atoms with Crippen molar-refractivity contribution in [2.45, 2.75) is 24.3 Å². The zero-order valence-corrected chi connectivity index (χ0v) is 18.8. The lowest BCUT2D eigenvalue weighted by Gasteiger charge is -2.34. The number of H-pyrrole nitrogens is 1. The number of aromatic nitrogens is 2. The summed E-state index contributed by atoms with van der Waals surface area (Å²) in [6.07, 6.45) is 4.58. The second kappa shape index (κ2) is 8.34. The van der Waals surface area contributed by atoms with Gasteiger partial charge in [-0.1, -0.05) is 0 Å². The van der Waals surface area contributed by atoms with Gasteiger partial charge in [0.1, 0.15) is 10.5 Å². The predicted octanol–water partition coefficient (Wildman–Crippen LogP) is 1.91. The maximum absolute atomic E-state index is 13.1. The number of sulfonamides is 1. The van der Waals surface area contributed by atoms with Gasteiger partial charge in [-0.2, -0.15) is 4.31 Å². The van der Waals surface area contributed by atoms with Crippen molar-refractivity contribution in [2.75, 3.05) is 39.3 Å². The number of hydrogen-bond acceptors (Lipinski definition) is 6. The van der Waals surface area contributed by atoms with Crippen LogP contribution < -0.4 is 0 Å². The number of carbonyl (C=O) groups excluding carboxylic acids is 1. The van der Waals surface area contributed by atoms with E-state index in [1.807, 2.05) is 4.90 Å². The van der Waals surface area contributed by atoms with Crippen molar-refractivity contribution in [1.29, 1.82) is 0 Å². The number of fused-ring (bicyclic) bond motifs is 2. The highest BCUT2D eigenvalue weighted by Crippen LogP contribution is 2.26. The van der Waals surface area contributed by atoms with Gasteiger partial charge in [0.15, 0.2) is 0 Å². The molecule has 3 aromatic heterocycles. The Bertz CT molecular complexity index is 1190. The van der Waals surface area contributed by atoms with Gasteiger partial charge in [-0.25, -0.2) is 13.4 Å². The summed E-state index contributed by atoms with van der Waals surface area (Å²) in [4.78, 5) is 25.6. The second-order valence-electron chi connectivity index (χ2n) is 7.98. The quantitative estimate of drug-likeness (QED) is 0.630. The molecular weight excluding hydrogens is 434 g/mol. The fourth-order valence-corrected chi connectivity index (χ4v) is 6.81. The lowest BCUT2D eigenvalue weighted by atomic mass is 10.1. The summed E-state index contributed by atoms with van der Waals surface area (Å²) < 4.78 is 27.8. The van der Waals surface area contributed by atoms with Crippen LogP contribution in [0.25, 0.3) is 11.0 Å². The van der Waals surface area contributed by atoms with E-state index in [0.717, 1.165) is 13.0 Å². The molecule has 0 radical (unpaired) electrons. The van der Waals surface area contributed by atoms with E-state index in [4.69, 9.17) is 0 Å². The summed E-state index contributed by atoms with van der Waals surface area (Å²) >= 11 is 1.77. The molecule has 0 bridgehead atoms. The Balaban J connectivity index is 1.15. The van der Waals surface area contributed by atoms with Crippen molar-refractivity contribution < 1.29 is 13.2 Å². The molecule has 2 aliphatic rings. The van der Waals surface area contributed by atoms with Gasteiger partial charge in [0.2, 0.25) is 15.9 Å². The summed E-state index contributed by atoms with van der Waals surface area (Å²) in [6, 6.07) is 5.63. The van der Waals surface area contributed by atoms with Gasteiger partial charge < -0.3 is 14.8 Å². The Labute approximate surface area is 185 Å². The molecule has 0 aliphatic carbocycles. The minimum absolute atomic E-state index is 0.179. The Morgan fingerprint density at radius 3 is 2.84 bits per heavy atom. The van der Waals surface area contributed by atoms with Crippen LogP contribution in [0.2, 0.25) is 0 Å². The SMILES string of the molecule is O=C(CCN1CCN(S(=O)(=O)c2c[nH]c3ncccc23)CC1)N1CCc2sccc2C1. The summed E-state index contributed by atoms with van der Waals surface area (Å²) in [6.45, 7) is 4.26. The topological polar surface area (TPSA) is 89.6 Å². The number of rotatable bonds is 5. The van der Waals surface area contributed by atoms with Crippen LogP contribution in [0.3, 0.4) is 0 Å². The van der Waals surface area contributed by atoms with Crippen molar-refractivity contribution in [2.24, 2.45) is 0 Å². The third kappa shape index (κ3) is 4.00. The number of nitrogens with zero attached hydrogens (tertiary/aromatic N) is 4. The largest absolute Gasteiger partial charge is 0.345 e. The van der Waals surface area contributed by atoms with Gasteiger partial charge in [-0.15, -0.1) is 11.3 Å². The number of nitrogens with one attached hydrogen (secondary N) is 1. The first kappa shape index (κ1) is 20.6. The summed E-state index contributed by atoms with van der Waals surface area (Å²) in [7, 11) is -3.58. The highest BCUT2D eigenvalue weighted by Gasteiger charge is 2.31. The van der Waals surface area contributed by atoms with E-state index in [9.17, 15) is 13.2 Å². The molecule has 0 spiro atoms. The smallest absolute Gasteiger partial charge is 0.245 e. The monoisotopic (exact) mass is 459 g/mol. The number of thiophene rings is 1. The predicted molar refractivity (Wildman–Crippen MR) is 119 cm³/mol. The van der Waals surface area contributed by atoms with Gasteiger partial charge >= 0.3 is 0 Å². The first-order valence-corrected chi connectivity index (χ1v) is 12.8. The molecule has 5 heterocycles. The van der Waals surface area contributed by atoms with Crippen LogP contribution in [-0.4, -0.2) is 77.7 Å². The van der Waals surface area contributed by atoms with Crippen molar-refractivity contribution >= 4 is 38.3 Å². The first-order valence-electron chi connectivity index (χ1n) is 10.5. The number of pyridine rings is 1. The van der Waals surface area contributed by atoms with Gasteiger partial charge in [0, 0.05) is 74.9 Å². The van der Waals surface area contributed by atoms with Gasteiger partial charge in [0.05, 0.1) is 0 Å². The number of carbonyl (C=O) groups is 1. The molecule has 2 aliphatic heterocycles. The van der Waals surface area contributed by atoms with Crippen LogP contribution in [0.5, 0.6) is 0 Å². The maximum Gasteiger partial charge on any atom is 0.245 e. The third-order valence-electron chi connectivity index (χ3n) is 6.16. The zero-order chi connectivity index (χ0) is 21.4. The average Bonchev–Trinajstić information content (AvgIpc) is 3.44. The molecule has 1 N–H and O–H groups in total. The highest BCUT2D eigenvalue weighted by atomic mass is 32.2. The minimum Gasteiger partial charge on any atom is -0.345 e. The zero-order valence-electron chi connectivity index (χ0n) is 17.2. The molecule has 0 aromatic carbocycles. The molecule has 1 amide bonds. The van der Waals surface area contributed by atoms with Crippen molar-refractivity contribution in [3.05, 3.63) is 46.4 Å². The molecule has 8 nitrogen and oxygen atoms in total. The molecule has 10 heteroatoms. The normalized spacial score (nSPS) is 18.4. The van der Waals surface area contributed by atoms with Crippen LogP contribution in [0, 0.1) is 0 Å². The minimum atomic E-state index is -3.58. The number of amides is 1. The van der Waals surface area contributed by atoms with Crippen LogP contribution in [0.15, 0.2) is 40.9 Å². The molecule has 164 valence electrons. The molecule has 31 heavy (non-hydrogen) atoms. The number of piperazine rings is 1. The lowest BCUT2D eigenvalue weighted by molar-refractivity contribution is -0.132. The summed E-state index contributed by atoms with van der Waals surface area (Å²) in [5, 5.41) is 2.71. The van der Waals surface area contributed by atoms with Crippen molar-refractivity contribution in [1.82, 2.24) is 24.1 Å². The van der Waals surface area contributed by atoms with E-state index in [0.29, 0.717) is 56.7 Å². The van der Waals surface area contributed by atoms with E-state index < -0.39 is 10.0 Å². The molecule has 0 atom stereocenters. The standard InChI is InChI=1S/C21H25N5O3S2/c27-20(25-8-3-18-16(15-25)5-13-30-18)4-7-24-9-11-26(12-10-24)31(28,29)19-14-23-21-17(19)2-1-6-22-21/h1-2,5-6,13-14H,3-4,7-12,15H2,(H,22,23). The van der Waals surface area contributed by atoms with Crippen LogP contribution >= 0.6 is 11.3 Å². The summed E-state index contributed by atoms with van der Waals surface area (Å²) in [5.41, 5.74) is 1.85. The number of hydrogen-bond donors (Lipinski definition) is 1. The summed E-state index contributed by atoms with van der Waals surface area (Å²) in [5.74, 6) is 0.179. The van der Waals surface area contributed by atoms with Gasteiger partial charge in [0.25, 0.3) is 0 Å². The molecule has 1 fully saturated rings. The Kier molecular flexibility index (Phi) is 5.55. The average molecular weight is 460 g/mol. The van der Waals surface area contributed by atoms with Crippen molar-refractivity contribution in [3.63, 3.8) is 0 Å². The van der Waals surface area contributed by atoms with Crippen LogP contribution in [-0.2, 0) is 27.8 Å². The Morgan fingerprint density at radius 1 is 1.16 bits per heavy atom. The second-order valence-corrected chi connectivity index (χ2v) is 10.9. The Hall–Kier alpha value is -2.27. The fraction of sp³-hybridized carbons (Fsp3) is 0.429. The van der Waals surface area contributed by atoms with E-state index in [2.05, 4.69) is 26.3 Å². The molecule has 5 rings (SSSR count). The van der Waals surface area contributed by atoms with E-state index in [1.165, 1.54) is 20.9 Å². The van der Waals surface area contributed by atoms with E-state index in [1.54, 1.807) is 29.7 Å².